The third-order valence-corrected chi connectivity index (χ3v) is 4.79. The van der Waals surface area contributed by atoms with Gasteiger partial charge in [0.05, 0.1) is 18.9 Å². The Morgan fingerprint density at radius 2 is 1.96 bits per heavy atom. The van der Waals surface area contributed by atoms with Crippen LogP contribution in [0, 0.1) is 6.92 Å². The number of aromatic nitrogens is 3. The van der Waals surface area contributed by atoms with Crippen LogP contribution < -0.4 is 10.5 Å². The van der Waals surface area contributed by atoms with E-state index in [1.165, 1.54) is 0 Å². The second-order valence-corrected chi connectivity index (χ2v) is 6.71. The maximum absolute atomic E-state index is 6.38. The van der Waals surface area contributed by atoms with Gasteiger partial charge in [-0.15, -0.1) is 12.4 Å². The lowest BCUT2D eigenvalue weighted by Crippen LogP contribution is -2.42. The molecule has 3 atom stereocenters. The molecule has 6 nitrogen and oxygen atoms in total. The molecule has 3 rings (SSSR count). The van der Waals surface area contributed by atoms with Crippen molar-refractivity contribution in [1.82, 2.24) is 14.8 Å². The van der Waals surface area contributed by atoms with E-state index >= 15 is 0 Å². The highest BCUT2D eigenvalue weighted by molar-refractivity contribution is 5.85. The van der Waals surface area contributed by atoms with E-state index in [4.69, 9.17) is 20.2 Å². The predicted octanol–water partition coefficient (Wildman–Crippen LogP) is 3.40. The summed E-state index contributed by atoms with van der Waals surface area (Å²) in [5.74, 6) is 2.91. The number of nitrogens with zero attached hydrogens (tertiary/aromatic N) is 3. The average Bonchev–Trinajstić information content (AvgIpc) is 3.02. The molecule has 1 aliphatic rings. The molecule has 2 aromatic rings. The number of nitrogens with two attached hydrogens (primary N) is 1. The molecule has 0 unspecified atom stereocenters. The minimum atomic E-state index is 0. The van der Waals surface area contributed by atoms with Gasteiger partial charge in [-0.3, -0.25) is 0 Å². The molecule has 0 radical (unpaired) electrons. The molecule has 26 heavy (non-hydrogen) atoms. The van der Waals surface area contributed by atoms with E-state index in [9.17, 15) is 0 Å². The average molecular weight is 381 g/mol. The van der Waals surface area contributed by atoms with Crippen molar-refractivity contribution in [3.8, 4) is 11.4 Å². The zero-order chi connectivity index (χ0) is 17.8. The molecule has 0 amide bonds. The Morgan fingerprint density at radius 1 is 1.23 bits per heavy atom. The fraction of sp³-hybridized carbons (Fsp3) is 0.579. The number of benzene rings is 1. The van der Waals surface area contributed by atoms with Gasteiger partial charge >= 0.3 is 0 Å². The maximum Gasteiger partial charge on any atom is 0.148 e. The van der Waals surface area contributed by atoms with Crippen LogP contribution in [0.15, 0.2) is 24.3 Å². The van der Waals surface area contributed by atoms with Gasteiger partial charge in [-0.1, -0.05) is 6.92 Å². The highest BCUT2D eigenvalue weighted by Gasteiger charge is 2.32. The molecule has 1 saturated carbocycles. The van der Waals surface area contributed by atoms with Crippen molar-refractivity contribution in [1.29, 1.82) is 0 Å². The van der Waals surface area contributed by atoms with Crippen molar-refractivity contribution < 1.29 is 9.47 Å². The van der Waals surface area contributed by atoms with E-state index in [-0.39, 0.29) is 24.6 Å². The van der Waals surface area contributed by atoms with Crippen LogP contribution in [-0.4, -0.2) is 40.6 Å². The minimum absolute atomic E-state index is 0. The topological polar surface area (TPSA) is 75.2 Å². The highest BCUT2D eigenvalue weighted by Crippen LogP contribution is 2.34. The largest absolute Gasteiger partial charge is 0.497 e. The van der Waals surface area contributed by atoms with Crippen LogP contribution in [0.3, 0.4) is 0 Å². The van der Waals surface area contributed by atoms with E-state index in [1.807, 2.05) is 35.9 Å². The Hall–Kier alpha value is -1.63. The van der Waals surface area contributed by atoms with Crippen LogP contribution in [0.25, 0.3) is 5.69 Å². The van der Waals surface area contributed by atoms with E-state index in [2.05, 4.69) is 12.0 Å². The third kappa shape index (κ3) is 4.55. The monoisotopic (exact) mass is 380 g/mol. The number of rotatable bonds is 6. The van der Waals surface area contributed by atoms with E-state index in [1.54, 1.807) is 7.11 Å². The number of hydrogen-bond acceptors (Lipinski definition) is 5. The first kappa shape index (κ1) is 20.7. The first-order valence-electron chi connectivity index (χ1n) is 9.07. The Kier molecular flexibility index (Phi) is 7.43. The summed E-state index contributed by atoms with van der Waals surface area (Å²) in [6.07, 6.45) is 4.06. The zero-order valence-electron chi connectivity index (χ0n) is 15.7. The molecule has 1 aromatic carbocycles. The van der Waals surface area contributed by atoms with Crippen LogP contribution in [-0.2, 0) is 4.74 Å². The molecule has 7 heteroatoms. The summed E-state index contributed by atoms with van der Waals surface area (Å²) in [6.45, 7) is 4.83. The number of aryl methyl sites for hydroxylation is 1. The Bertz CT molecular complexity index is 689. The molecule has 144 valence electrons. The molecule has 1 heterocycles. The third-order valence-electron chi connectivity index (χ3n) is 4.79. The Morgan fingerprint density at radius 3 is 2.58 bits per heavy atom. The molecule has 0 saturated heterocycles. The first-order chi connectivity index (χ1) is 12.1. The highest BCUT2D eigenvalue weighted by atomic mass is 35.5. The maximum atomic E-state index is 6.38. The van der Waals surface area contributed by atoms with Gasteiger partial charge in [0.15, 0.2) is 0 Å². The van der Waals surface area contributed by atoms with Crippen molar-refractivity contribution in [3.63, 3.8) is 0 Å². The van der Waals surface area contributed by atoms with Gasteiger partial charge in [0, 0.05) is 18.6 Å². The fourth-order valence-electron chi connectivity index (χ4n) is 3.50. The van der Waals surface area contributed by atoms with Crippen LogP contribution in [0.1, 0.15) is 50.2 Å². The lowest BCUT2D eigenvalue weighted by molar-refractivity contribution is 0.0108. The predicted molar refractivity (Wildman–Crippen MR) is 104 cm³/mol. The van der Waals surface area contributed by atoms with E-state index in [0.717, 1.165) is 55.4 Å². The zero-order valence-corrected chi connectivity index (χ0v) is 16.5. The van der Waals surface area contributed by atoms with Gasteiger partial charge in [-0.25, -0.2) is 9.67 Å². The molecular weight excluding hydrogens is 352 g/mol. The van der Waals surface area contributed by atoms with Crippen LogP contribution in [0.5, 0.6) is 5.75 Å². The summed E-state index contributed by atoms with van der Waals surface area (Å²) in [7, 11) is 1.67. The van der Waals surface area contributed by atoms with E-state index < -0.39 is 0 Å². The van der Waals surface area contributed by atoms with Gasteiger partial charge in [0.2, 0.25) is 0 Å². The Labute approximate surface area is 161 Å². The quantitative estimate of drug-likeness (QED) is 0.831. The van der Waals surface area contributed by atoms with Crippen LogP contribution in [0.2, 0.25) is 0 Å². The van der Waals surface area contributed by atoms with E-state index in [0.29, 0.717) is 5.92 Å². The number of halogens is 1. The number of hydrogen-bond donors (Lipinski definition) is 1. The molecular formula is C19H29ClN4O2. The first-order valence-corrected chi connectivity index (χ1v) is 9.07. The smallest absolute Gasteiger partial charge is 0.148 e. The standard InChI is InChI=1S/C19H28N4O2.ClH/c1-4-11-25-18-10-5-14(12-17(18)20)19-21-13(2)22-23(19)15-6-8-16(24-3)9-7-15;/h6-9,14,17-18H,4-5,10-12,20H2,1-3H3;1H/t14-,17+,18+;/m0./s1. The van der Waals surface area contributed by atoms with Crippen molar-refractivity contribution in [2.24, 2.45) is 5.73 Å². The van der Waals surface area contributed by atoms with Gasteiger partial charge < -0.3 is 15.2 Å². The summed E-state index contributed by atoms with van der Waals surface area (Å²) < 4.78 is 13.1. The van der Waals surface area contributed by atoms with Crippen molar-refractivity contribution >= 4 is 12.4 Å². The minimum Gasteiger partial charge on any atom is -0.497 e. The normalized spacial score (nSPS) is 22.7. The number of ether oxygens (including phenoxy) is 2. The molecule has 1 aliphatic carbocycles. The van der Waals surface area contributed by atoms with Gasteiger partial charge in [-0.2, -0.15) is 5.10 Å². The summed E-state index contributed by atoms with van der Waals surface area (Å²) in [6, 6.07) is 7.94. The summed E-state index contributed by atoms with van der Waals surface area (Å²) >= 11 is 0. The van der Waals surface area contributed by atoms with Gasteiger partial charge in [-0.05, 0) is 56.9 Å². The summed E-state index contributed by atoms with van der Waals surface area (Å²) in [5.41, 5.74) is 7.38. The van der Waals surface area contributed by atoms with Crippen LogP contribution in [0.4, 0.5) is 0 Å². The molecule has 2 N–H and O–H groups in total. The van der Waals surface area contributed by atoms with Crippen LogP contribution >= 0.6 is 12.4 Å². The molecule has 0 spiro atoms. The lowest BCUT2D eigenvalue weighted by Gasteiger charge is -2.33. The summed E-state index contributed by atoms with van der Waals surface area (Å²) in [4.78, 5) is 4.70. The van der Waals surface area contributed by atoms with Crippen molar-refractivity contribution in [3.05, 3.63) is 35.9 Å². The second-order valence-electron chi connectivity index (χ2n) is 6.71. The van der Waals surface area contributed by atoms with Crippen molar-refractivity contribution in [2.45, 2.75) is 57.6 Å². The summed E-state index contributed by atoms with van der Waals surface area (Å²) in [5, 5.41) is 4.60. The number of methoxy groups -OCH3 is 1. The molecule has 0 bridgehead atoms. The fourth-order valence-corrected chi connectivity index (χ4v) is 3.50. The van der Waals surface area contributed by atoms with Gasteiger partial charge in [0.25, 0.3) is 0 Å². The van der Waals surface area contributed by atoms with Crippen molar-refractivity contribution in [2.75, 3.05) is 13.7 Å². The van der Waals surface area contributed by atoms with Gasteiger partial charge in [0.1, 0.15) is 17.4 Å². The second kappa shape index (κ2) is 9.35. The molecule has 1 aromatic heterocycles. The Balaban J connectivity index is 0.00000243. The SMILES string of the molecule is CCCO[C@@H]1CC[C@H](c2nc(C)nn2-c2ccc(OC)cc2)C[C@H]1N.Cl. The molecule has 1 fully saturated rings. The lowest BCUT2D eigenvalue weighted by atomic mass is 9.83. The molecule has 0 aliphatic heterocycles.